The van der Waals surface area contributed by atoms with Crippen molar-refractivity contribution in [1.82, 2.24) is 10.2 Å². The maximum Gasteiger partial charge on any atom is 0.243 e. The standard InChI is InChI=1S/C35H42ClN3O6S/c1-46(42,43)39(29-18-19-32-33(24-29)45-22-21-44-32)20-10-17-34(40)38(25-27-13-8-9-16-30(27)36)31(23-26-11-4-2-5-12-26)35(41)37-28-14-6-3-7-15-28/h2,4-5,8-9,11-13,16,18-19,24,28,31H,3,6-7,10,14-15,17,20-23,25H2,1H3,(H,37,41)/t31-/m0/s1. The smallest absolute Gasteiger partial charge is 0.243 e. The monoisotopic (exact) mass is 667 g/mol. The van der Waals surface area contributed by atoms with Crippen LogP contribution in [0.1, 0.15) is 56.1 Å². The molecule has 1 saturated carbocycles. The zero-order valence-corrected chi connectivity index (χ0v) is 27.8. The van der Waals surface area contributed by atoms with E-state index in [0.717, 1.165) is 49.5 Å². The minimum Gasteiger partial charge on any atom is -0.486 e. The lowest BCUT2D eigenvalue weighted by atomic mass is 9.94. The van der Waals surface area contributed by atoms with E-state index in [4.69, 9.17) is 21.1 Å². The van der Waals surface area contributed by atoms with E-state index in [1.54, 1.807) is 29.2 Å². The number of halogens is 1. The second kappa shape index (κ2) is 15.7. The zero-order valence-electron chi connectivity index (χ0n) is 26.2. The number of benzene rings is 3. The molecule has 5 rings (SSSR count). The van der Waals surface area contributed by atoms with Crippen LogP contribution in [0.3, 0.4) is 0 Å². The van der Waals surface area contributed by atoms with Crippen molar-refractivity contribution in [2.24, 2.45) is 0 Å². The third-order valence-electron chi connectivity index (χ3n) is 8.49. The zero-order chi connectivity index (χ0) is 32.5. The molecule has 9 nitrogen and oxygen atoms in total. The van der Waals surface area contributed by atoms with Gasteiger partial charge in [-0.3, -0.25) is 13.9 Å². The summed E-state index contributed by atoms with van der Waals surface area (Å²) < 4.78 is 38.3. The van der Waals surface area contributed by atoms with Gasteiger partial charge in [0, 0.05) is 43.1 Å². The van der Waals surface area contributed by atoms with Crippen LogP contribution in [0.25, 0.3) is 0 Å². The van der Waals surface area contributed by atoms with Gasteiger partial charge in [0.25, 0.3) is 0 Å². The molecule has 0 bridgehead atoms. The molecule has 0 saturated heterocycles. The van der Waals surface area contributed by atoms with Gasteiger partial charge in [-0.1, -0.05) is 79.4 Å². The molecule has 2 aliphatic rings. The Labute approximate surface area is 276 Å². The van der Waals surface area contributed by atoms with Crippen LogP contribution < -0.4 is 19.1 Å². The second-order valence-corrected chi connectivity index (χ2v) is 14.2. The van der Waals surface area contributed by atoms with Crippen LogP contribution in [0.4, 0.5) is 5.69 Å². The molecule has 3 aromatic rings. The molecule has 1 atom stereocenters. The number of ether oxygens (including phenoxy) is 2. The molecule has 46 heavy (non-hydrogen) atoms. The summed E-state index contributed by atoms with van der Waals surface area (Å²) in [5, 5.41) is 3.75. The Morgan fingerprint density at radius 1 is 0.935 bits per heavy atom. The maximum atomic E-state index is 14.1. The molecule has 3 aromatic carbocycles. The van der Waals surface area contributed by atoms with Gasteiger partial charge in [0.05, 0.1) is 11.9 Å². The van der Waals surface area contributed by atoms with Gasteiger partial charge in [-0.05, 0) is 48.6 Å². The number of anilines is 1. The lowest BCUT2D eigenvalue weighted by Gasteiger charge is -2.34. The van der Waals surface area contributed by atoms with Crippen LogP contribution in [0.15, 0.2) is 72.8 Å². The van der Waals surface area contributed by atoms with Crippen molar-refractivity contribution in [2.75, 3.05) is 30.3 Å². The van der Waals surface area contributed by atoms with Gasteiger partial charge in [-0.25, -0.2) is 8.42 Å². The molecule has 1 heterocycles. The minimum absolute atomic E-state index is 0.0308. The fourth-order valence-corrected chi connectivity index (χ4v) is 7.25. The molecule has 1 aliphatic carbocycles. The van der Waals surface area contributed by atoms with Crippen molar-refractivity contribution in [3.63, 3.8) is 0 Å². The van der Waals surface area contributed by atoms with Crippen molar-refractivity contribution in [3.8, 4) is 11.5 Å². The van der Waals surface area contributed by atoms with Crippen LogP contribution in [0, 0.1) is 0 Å². The third-order valence-corrected chi connectivity index (χ3v) is 10.0. The molecule has 1 N–H and O–H groups in total. The van der Waals surface area contributed by atoms with Crippen molar-refractivity contribution >= 4 is 39.1 Å². The first-order valence-electron chi connectivity index (χ1n) is 15.9. The highest BCUT2D eigenvalue weighted by atomic mass is 35.5. The highest BCUT2D eigenvalue weighted by Gasteiger charge is 2.32. The molecule has 1 fully saturated rings. The first kappa shape index (κ1) is 33.6. The number of fused-ring (bicyclic) bond motifs is 1. The van der Waals surface area contributed by atoms with Crippen molar-refractivity contribution < 1.29 is 27.5 Å². The van der Waals surface area contributed by atoms with E-state index >= 15 is 0 Å². The Bertz CT molecular complexity index is 1600. The van der Waals surface area contributed by atoms with Gasteiger partial charge in [-0.15, -0.1) is 0 Å². The van der Waals surface area contributed by atoms with Crippen molar-refractivity contribution in [2.45, 2.75) is 70.0 Å². The summed E-state index contributed by atoms with van der Waals surface area (Å²) in [6.45, 7) is 1.02. The van der Waals surface area contributed by atoms with Gasteiger partial charge < -0.3 is 19.7 Å². The summed E-state index contributed by atoms with van der Waals surface area (Å²) in [7, 11) is -3.67. The largest absolute Gasteiger partial charge is 0.486 e. The van der Waals surface area contributed by atoms with E-state index in [1.165, 1.54) is 4.31 Å². The molecule has 246 valence electrons. The van der Waals surface area contributed by atoms with Gasteiger partial charge in [0.1, 0.15) is 19.3 Å². The predicted octanol–water partition coefficient (Wildman–Crippen LogP) is 5.75. The molecule has 0 spiro atoms. The molecule has 0 radical (unpaired) electrons. The summed E-state index contributed by atoms with van der Waals surface area (Å²) in [5.74, 6) is 0.595. The lowest BCUT2D eigenvalue weighted by molar-refractivity contribution is -0.141. The first-order chi connectivity index (χ1) is 22.2. The van der Waals surface area contributed by atoms with E-state index in [2.05, 4.69) is 5.32 Å². The number of hydrogen-bond donors (Lipinski definition) is 1. The summed E-state index contributed by atoms with van der Waals surface area (Å²) in [6, 6.07) is 21.3. The van der Waals surface area contributed by atoms with Gasteiger partial charge in [-0.2, -0.15) is 0 Å². The summed E-state index contributed by atoms with van der Waals surface area (Å²) in [5.41, 5.74) is 2.10. The van der Waals surface area contributed by atoms with E-state index in [1.807, 2.05) is 48.5 Å². The van der Waals surface area contributed by atoms with E-state index in [9.17, 15) is 18.0 Å². The molecule has 0 unspecified atom stereocenters. The SMILES string of the molecule is CS(=O)(=O)N(CCCC(=O)N(Cc1ccccc1Cl)[C@@H](Cc1ccccc1)C(=O)NC1CCCCC1)c1ccc2c(c1)OCCO2. The number of rotatable bonds is 13. The average Bonchev–Trinajstić information content (AvgIpc) is 3.05. The fourth-order valence-electron chi connectivity index (χ4n) is 6.10. The Kier molecular flexibility index (Phi) is 11.5. The van der Waals surface area contributed by atoms with Gasteiger partial charge in [0.15, 0.2) is 11.5 Å². The summed E-state index contributed by atoms with van der Waals surface area (Å²) >= 11 is 6.56. The summed E-state index contributed by atoms with van der Waals surface area (Å²) in [4.78, 5) is 29.8. The van der Waals surface area contributed by atoms with E-state index in [-0.39, 0.29) is 43.8 Å². The van der Waals surface area contributed by atoms with Crippen LogP contribution in [-0.2, 0) is 32.6 Å². The van der Waals surface area contributed by atoms with Crippen LogP contribution in [0.2, 0.25) is 5.02 Å². The minimum atomic E-state index is -3.67. The van der Waals surface area contributed by atoms with E-state index < -0.39 is 16.1 Å². The molecule has 2 amide bonds. The highest BCUT2D eigenvalue weighted by Crippen LogP contribution is 2.35. The number of carbonyl (C=O) groups is 2. The van der Waals surface area contributed by atoms with Gasteiger partial charge in [0.2, 0.25) is 21.8 Å². The number of amides is 2. The Morgan fingerprint density at radius 2 is 1.63 bits per heavy atom. The van der Waals surface area contributed by atoms with Crippen molar-refractivity contribution in [1.29, 1.82) is 0 Å². The molecule has 1 aliphatic heterocycles. The second-order valence-electron chi connectivity index (χ2n) is 11.9. The number of carbonyl (C=O) groups excluding carboxylic acids is 2. The fraction of sp³-hybridized carbons (Fsp3) is 0.429. The molecule has 11 heteroatoms. The Morgan fingerprint density at radius 3 is 2.35 bits per heavy atom. The maximum absolute atomic E-state index is 14.1. The van der Waals surface area contributed by atoms with E-state index in [0.29, 0.717) is 41.8 Å². The topological polar surface area (TPSA) is 105 Å². The van der Waals surface area contributed by atoms with Gasteiger partial charge >= 0.3 is 0 Å². The third kappa shape index (κ3) is 8.94. The van der Waals surface area contributed by atoms with Crippen LogP contribution >= 0.6 is 11.6 Å². The van der Waals surface area contributed by atoms with Crippen LogP contribution in [0.5, 0.6) is 11.5 Å². The number of hydrogen-bond acceptors (Lipinski definition) is 6. The number of nitrogens with one attached hydrogen (secondary N) is 1. The quantitative estimate of drug-likeness (QED) is 0.249. The Hall–Kier alpha value is -3.76. The Balaban J connectivity index is 1.38. The number of nitrogens with zero attached hydrogens (tertiary/aromatic N) is 2. The van der Waals surface area contributed by atoms with Crippen LogP contribution in [-0.4, -0.2) is 63.2 Å². The van der Waals surface area contributed by atoms with Crippen molar-refractivity contribution in [3.05, 3.63) is 88.9 Å². The average molecular weight is 668 g/mol. The molecular formula is C35H42ClN3O6S. The highest BCUT2D eigenvalue weighted by molar-refractivity contribution is 7.92. The summed E-state index contributed by atoms with van der Waals surface area (Å²) in [6.07, 6.45) is 6.88. The molecule has 0 aromatic heterocycles. The normalized spacial score (nSPS) is 15.5. The number of sulfonamides is 1. The lowest BCUT2D eigenvalue weighted by Crippen LogP contribution is -2.53. The first-order valence-corrected chi connectivity index (χ1v) is 18.2. The molecular weight excluding hydrogens is 626 g/mol. The predicted molar refractivity (Wildman–Crippen MR) is 180 cm³/mol.